The molecular weight excluding hydrogens is 338 g/mol. The Morgan fingerprint density at radius 3 is 3.00 bits per heavy atom. The van der Waals surface area contributed by atoms with Crippen molar-refractivity contribution in [3.8, 4) is 0 Å². The number of amides is 1. The summed E-state index contributed by atoms with van der Waals surface area (Å²) in [5.74, 6) is -0.0520. The lowest BCUT2D eigenvalue weighted by Gasteiger charge is -2.18. The molecule has 4 rings (SSSR count). The molecule has 1 fully saturated rings. The van der Waals surface area contributed by atoms with Gasteiger partial charge in [-0.25, -0.2) is 4.98 Å². The Morgan fingerprint density at radius 2 is 2.24 bits per heavy atom. The molecule has 0 N–H and O–H groups in total. The molecule has 1 atom stereocenters. The summed E-state index contributed by atoms with van der Waals surface area (Å²) in [4.78, 5) is 31.1. The molecule has 0 radical (unpaired) electrons. The lowest BCUT2D eigenvalue weighted by atomic mass is 10.2. The number of thiophene rings is 1. The van der Waals surface area contributed by atoms with Crippen LogP contribution in [-0.2, 0) is 11.3 Å². The number of aromatic nitrogens is 4. The van der Waals surface area contributed by atoms with Crippen LogP contribution in [0.4, 0.5) is 0 Å². The van der Waals surface area contributed by atoms with E-state index in [9.17, 15) is 9.59 Å². The Kier molecular flexibility index (Phi) is 3.91. The zero-order chi connectivity index (χ0) is 17.6. The largest absolute Gasteiger partial charge is 0.339 e. The van der Waals surface area contributed by atoms with Crippen molar-refractivity contribution in [2.24, 2.45) is 0 Å². The van der Waals surface area contributed by atoms with Crippen LogP contribution in [-0.4, -0.2) is 43.2 Å². The fourth-order valence-electron chi connectivity index (χ4n) is 3.42. The van der Waals surface area contributed by atoms with Gasteiger partial charge in [0.15, 0.2) is 0 Å². The van der Waals surface area contributed by atoms with E-state index in [0.717, 1.165) is 17.8 Å². The molecule has 8 heteroatoms. The number of carbonyl (C=O) groups is 1. The molecule has 1 aliphatic heterocycles. The van der Waals surface area contributed by atoms with Gasteiger partial charge in [0.05, 0.1) is 23.6 Å². The molecule has 25 heavy (non-hydrogen) atoms. The summed E-state index contributed by atoms with van der Waals surface area (Å²) in [5.41, 5.74) is 2.64. The quantitative estimate of drug-likeness (QED) is 0.716. The van der Waals surface area contributed by atoms with Crippen molar-refractivity contribution in [3.63, 3.8) is 0 Å². The van der Waals surface area contributed by atoms with E-state index in [1.54, 1.807) is 0 Å². The summed E-state index contributed by atoms with van der Waals surface area (Å²) >= 11 is 1.36. The molecule has 3 aromatic heterocycles. The number of likely N-dealkylation sites (tertiary alicyclic amines) is 1. The summed E-state index contributed by atoms with van der Waals surface area (Å²) in [5, 5.41) is 6.37. The Morgan fingerprint density at radius 1 is 1.40 bits per heavy atom. The fourth-order valence-corrected chi connectivity index (χ4v) is 4.21. The smallest absolute Gasteiger partial charge is 0.271 e. The molecule has 3 aromatic rings. The Hall–Kier alpha value is -2.48. The monoisotopic (exact) mass is 357 g/mol. The van der Waals surface area contributed by atoms with E-state index in [2.05, 4.69) is 10.1 Å². The third-order valence-electron chi connectivity index (χ3n) is 4.65. The molecule has 1 saturated heterocycles. The van der Waals surface area contributed by atoms with Crippen LogP contribution in [0.25, 0.3) is 10.2 Å². The number of hydrogen-bond donors (Lipinski definition) is 0. The molecule has 0 aromatic carbocycles. The van der Waals surface area contributed by atoms with Crippen LogP contribution in [0.2, 0.25) is 0 Å². The highest BCUT2D eigenvalue weighted by molar-refractivity contribution is 7.17. The van der Waals surface area contributed by atoms with Crippen molar-refractivity contribution < 1.29 is 4.79 Å². The van der Waals surface area contributed by atoms with Crippen molar-refractivity contribution in [3.05, 3.63) is 45.6 Å². The van der Waals surface area contributed by atoms with E-state index in [4.69, 9.17) is 0 Å². The van der Waals surface area contributed by atoms with E-state index in [-0.39, 0.29) is 24.1 Å². The molecule has 0 bridgehead atoms. The van der Waals surface area contributed by atoms with E-state index in [0.29, 0.717) is 23.3 Å². The summed E-state index contributed by atoms with van der Waals surface area (Å²) < 4.78 is 4.00. The Labute approximate surface area is 148 Å². The van der Waals surface area contributed by atoms with E-state index in [1.807, 2.05) is 40.9 Å². The number of carbonyl (C=O) groups excluding carboxylic acids is 1. The van der Waals surface area contributed by atoms with Gasteiger partial charge in [0, 0.05) is 18.8 Å². The highest BCUT2D eigenvalue weighted by atomic mass is 32.1. The first-order valence-corrected chi connectivity index (χ1v) is 9.14. The van der Waals surface area contributed by atoms with Gasteiger partial charge < -0.3 is 4.90 Å². The van der Waals surface area contributed by atoms with Gasteiger partial charge in [-0.1, -0.05) is 0 Å². The van der Waals surface area contributed by atoms with Gasteiger partial charge >= 0.3 is 0 Å². The minimum absolute atomic E-state index is 0.0313. The van der Waals surface area contributed by atoms with Gasteiger partial charge in [-0.2, -0.15) is 5.10 Å². The van der Waals surface area contributed by atoms with Crippen molar-refractivity contribution in [1.29, 1.82) is 0 Å². The number of hydrogen-bond acceptors (Lipinski definition) is 5. The zero-order valence-corrected chi connectivity index (χ0v) is 15.0. The van der Waals surface area contributed by atoms with E-state index < -0.39 is 0 Å². The Bertz CT molecular complexity index is 1000. The first kappa shape index (κ1) is 16.0. The fraction of sp³-hybridized carbons (Fsp3) is 0.412. The van der Waals surface area contributed by atoms with Gasteiger partial charge in [0.1, 0.15) is 11.2 Å². The molecule has 1 aliphatic rings. The number of aryl methyl sites for hydroxylation is 2. The normalized spacial score (nSPS) is 17.5. The van der Waals surface area contributed by atoms with Gasteiger partial charge in [0.25, 0.3) is 5.56 Å². The molecule has 0 aliphatic carbocycles. The summed E-state index contributed by atoms with van der Waals surface area (Å²) in [7, 11) is 0. The average molecular weight is 357 g/mol. The van der Waals surface area contributed by atoms with Crippen LogP contribution >= 0.6 is 11.3 Å². The minimum atomic E-state index is -0.150. The summed E-state index contributed by atoms with van der Waals surface area (Å²) in [6.45, 7) is 5.35. The van der Waals surface area contributed by atoms with Gasteiger partial charge in [0.2, 0.25) is 5.91 Å². The van der Waals surface area contributed by atoms with Crippen molar-refractivity contribution in [2.45, 2.75) is 32.9 Å². The molecular formula is C17H19N5O2S. The van der Waals surface area contributed by atoms with Crippen LogP contribution < -0.4 is 5.56 Å². The topological polar surface area (TPSA) is 73.0 Å². The van der Waals surface area contributed by atoms with Gasteiger partial charge in [-0.05, 0) is 37.8 Å². The number of rotatable bonds is 3. The van der Waals surface area contributed by atoms with Crippen molar-refractivity contribution >= 4 is 27.5 Å². The average Bonchev–Trinajstić information content (AvgIpc) is 3.29. The number of fused-ring (bicyclic) bond motifs is 1. The maximum Gasteiger partial charge on any atom is 0.271 e. The lowest BCUT2D eigenvalue weighted by Crippen LogP contribution is -2.35. The first-order chi connectivity index (χ1) is 12.0. The molecule has 1 unspecified atom stereocenters. The highest BCUT2D eigenvalue weighted by Gasteiger charge is 2.29. The third kappa shape index (κ3) is 2.86. The van der Waals surface area contributed by atoms with Crippen LogP contribution in [0.5, 0.6) is 0 Å². The van der Waals surface area contributed by atoms with Gasteiger partial charge in [-0.15, -0.1) is 11.3 Å². The maximum absolute atomic E-state index is 12.6. The van der Waals surface area contributed by atoms with Crippen LogP contribution in [0.1, 0.15) is 23.9 Å². The predicted octanol–water partition coefficient (Wildman–Crippen LogP) is 1.74. The van der Waals surface area contributed by atoms with Crippen LogP contribution in [0.3, 0.4) is 0 Å². The SMILES string of the molecule is Cc1cc(C)n(C2CCN(C(=O)Cn3cnc4ccsc4c3=O)C2)n1. The standard InChI is InChI=1S/C17H19N5O2S/c1-11-7-12(2)22(19-11)13-3-5-20(8-13)15(23)9-21-10-18-14-4-6-25-16(14)17(21)24/h4,6-7,10,13H,3,5,8-9H2,1-2H3. The second-order valence-corrected chi connectivity index (χ2v) is 7.38. The molecule has 7 nitrogen and oxygen atoms in total. The van der Waals surface area contributed by atoms with E-state index >= 15 is 0 Å². The lowest BCUT2D eigenvalue weighted by molar-refractivity contribution is -0.130. The van der Waals surface area contributed by atoms with Crippen molar-refractivity contribution in [1.82, 2.24) is 24.2 Å². The van der Waals surface area contributed by atoms with Crippen LogP contribution in [0.15, 0.2) is 28.6 Å². The zero-order valence-electron chi connectivity index (χ0n) is 14.2. The van der Waals surface area contributed by atoms with Gasteiger partial charge in [-0.3, -0.25) is 18.8 Å². The molecule has 4 heterocycles. The summed E-state index contributed by atoms with van der Waals surface area (Å²) in [6.07, 6.45) is 2.34. The number of nitrogens with zero attached hydrogens (tertiary/aromatic N) is 5. The second-order valence-electron chi connectivity index (χ2n) is 6.47. The Balaban J connectivity index is 1.49. The van der Waals surface area contributed by atoms with Crippen LogP contribution in [0, 0.1) is 13.8 Å². The molecule has 0 saturated carbocycles. The predicted molar refractivity (Wildman–Crippen MR) is 95.8 cm³/mol. The molecule has 0 spiro atoms. The van der Waals surface area contributed by atoms with Crippen molar-refractivity contribution in [2.75, 3.05) is 13.1 Å². The first-order valence-electron chi connectivity index (χ1n) is 8.26. The minimum Gasteiger partial charge on any atom is -0.339 e. The van der Waals surface area contributed by atoms with E-state index in [1.165, 1.54) is 22.2 Å². The highest BCUT2D eigenvalue weighted by Crippen LogP contribution is 2.23. The maximum atomic E-state index is 12.6. The summed E-state index contributed by atoms with van der Waals surface area (Å²) in [6, 6.07) is 4.06. The molecule has 130 valence electrons. The second kappa shape index (κ2) is 6.11. The third-order valence-corrected chi connectivity index (χ3v) is 5.54. The molecule has 1 amide bonds.